The van der Waals surface area contributed by atoms with Crippen molar-refractivity contribution in [2.75, 3.05) is 0 Å². The van der Waals surface area contributed by atoms with Gasteiger partial charge in [0.15, 0.2) is 0 Å². The Kier molecular flexibility index (Phi) is 9.19. The van der Waals surface area contributed by atoms with Gasteiger partial charge < -0.3 is 9.07 Å². The molecule has 0 spiro atoms. The molecule has 0 bridgehead atoms. The minimum Gasteiger partial charge on any atom is -0.346 e. The molecule has 14 heavy (non-hydrogen) atoms. The van der Waals surface area contributed by atoms with E-state index in [-0.39, 0.29) is 19.3 Å². The predicted molar refractivity (Wildman–Crippen MR) is 72.0 cm³/mol. The van der Waals surface area contributed by atoms with Crippen molar-refractivity contribution < 1.29 is 0 Å². The first-order valence-electron chi connectivity index (χ1n) is 6.11. The van der Waals surface area contributed by atoms with E-state index in [4.69, 9.17) is 9.07 Å². The van der Waals surface area contributed by atoms with Crippen LogP contribution in [0.1, 0.15) is 39.5 Å². The third-order valence-electron chi connectivity index (χ3n) is 3.16. The predicted octanol–water partition coefficient (Wildman–Crippen LogP) is 4.73. The highest BCUT2D eigenvalue weighted by molar-refractivity contribution is 7.02. The van der Waals surface area contributed by atoms with Crippen LogP contribution in [0, 0.1) is 5.92 Å². The molecular formula is C11H25ClMgSi. The number of rotatable bonds is 8. The SMILES string of the molecule is CCCCC(CC)C[Si](C)(C)[CH2][Mg][Cl]. The highest BCUT2D eigenvalue weighted by Crippen LogP contribution is 2.26. The van der Waals surface area contributed by atoms with Gasteiger partial charge in [0.1, 0.15) is 0 Å². The largest absolute Gasteiger partial charge is 0.498 e. The molecule has 0 aromatic carbocycles. The van der Waals surface area contributed by atoms with Crippen molar-refractivity contribution in [2.45, 2.75) is 62.8 Å². The summed E-state index contributed by atoms with van der Waals surface area (Å²) in [6.45, 7) is 9.69. The van der Waals surface area contributed by atoms with Crippen LogP contribution in [0.3, 0.4) is 0 Å². The van der Waals surface area contributed by atoms with Gasteiger partial charge in [-0.1, -0.05) is 58.7 Å². The van der Waals surface area contributed by atoms with Crippen LogP contribution in [0.2, 0.25) is 23.3 Å². The van der Waals surface area contributed by atoms with E-state index in [9.17, 15) is 0 Å². The van der Waals surface area contributed by atoms with Gasteiger partial charge in [-0.05, 0) is 5.92 Å². The Balaban J connectivity index is 3.89. The zero-order valence-corrected chi connectivity index (χ0v) is 13.6. The first kappa shape index (κ1) is 15.3. The van der Waals surface area contributed by atoms with Crippen molar-refractivity contribution in [2.24, 2.45) is 5.92 Å². The molecule has 0 saturated heterocycles. The van der Waals surface area contributed by atoms with E-state index in [2.05, 4.69) is 26.9 Å². The number of halogens is 1. The lowest BCUT2D eigenvalue weighted by Gasteiger charge is -2.27. The second-order valence-corrected chi connectivity index (χ2v) is 13.5. The quantitative estimate of drug-likeness (QED) is 0.542. The standard InChI is InChI=1S/C11H25Si.ClH.Mg/c1-6-8-9-11(7-2)10-12(3,4)5;;/h11H,3,6-10H2,1-2,4-5H3;1H;/q;;+1/p-1. The third kappa shape index (κ3) is 7.55. The first-order valence-corrected chi connectivity index (χ1v) is 12.7. The molecule has 0 aromatic heterocycles. The second kappa shape index (κ2) is 8.43. The third-order valence-corrected chi connectivity index (χ3v) is 12.7. The van der Waals surface area contributed by atoms with Crippen molar-refractivity contribution in [3.05, 3.63) is 0 Å². The molecular weight excluding hydrogens is 220 g/mol. The minimum atomic E-state index is -0.908. The Morgan fingerprint density at radius 1 is 1.29 bits per heavy atom. The number of hydrogen-bond acceptors (Lipinski definition) is 0. The summed E-state index contributed by atoms with van der Waals surface area (Å²) in [5.74, 6) is 0.994. The van der Waals surface area contributed by atoms with Gasteiger partial charge in [0.25, 0.3) is 0 Å². The summed E-state index contributed by atoms with van der Waals surface area (Å²) in [6.07, 6.45) is 5.59. The fourth-order valence-corrected chi connectivity index (χ4v) is 11.6. The van der Waals surface area contributed by atoms with Crippen molar-refractivity contribution in [3.8, 4) is 0 Å². The summed E-state index contributed by atoms with van der Waals surface area (Å²) in [5.41, 5.74) is 0. The van der Waals surface area contributed by atoms with Gasteiger partial charge >= 0.3 is 19.3 Å². The molecule has 0 aliphatic rings. The molecule has 0 N–H and O–H groups in total. The fraction of sp³-hybridized carbons (Fsp3) is 1.00. The topological polar surface area (TPSA) is 0 Å². The highest BCUT2D eigenvalue weighted by atomic mass is 35.5. The molecule has 0 aliphatic heterocycles. The summed E-state index contributed by atoms with van der Waals surface area (Å²) in [4.78, 5) is 0. The maximum atomic E-state index is 5.99. The maximum Gasteiger partial charge on any atom is 0.498 e. The molecule has 82 valence electrons. The van der Waals surface area contributed by atoms with E-state index < -0.39 is 8.07 Å². The van der Waals surface area contributed by atoms with Gasteiger partial charge in [0, 0.05) is 8.07 Å². The van der Waals surface area contributed by atoms with E-state index in [0.717, 1.165) is 5.92 Å². The van der Waals surface area contributed by atoms with Crippen molar-refractivity contribution in [1.29, 1.82) is 0 Å². The van der Waals surface area contributed by atoms with Crippen LogP contribution in [-0.2, 0) is 0 Å². The van der Waals surface area contributed by atoms with Crippen LogP contribution in [0.15, 0.2) is 0 Å². The normalized spacial score (nSPS) is 13.8. The van der Waals surface area contributed by atoms with Gasteiger partial charge in [-0.3, -0.25) is 0 Å². The molecule has 0 radical (unpaired) electrons. The molecule has 1 atom stereocenters. The van der Waals surface area contributed by atoms with Gasteiger partial charge in [0.2, 0.25) is 0 Å². The van der Waals surface area contributed by atoms with Crippen LogP contribution in [0.5, 0.6) is 0 Å². The Hall–Kier alpha value is 1.27. The van der Waals surface area contributed by atoms with Gasteiger partial charge in [0.05, 0.1) is 0 Å². The summed E-state index contributed by atoms with van der Waals surface area (Å²) in [7, 11) is 5.08. The Morgan fingerprint density at radius 3 is 2.36 bits per heavy atom. The maximum absolute atomic E-state index is 5.99. The summed E-state index contributed by atoms with van der Waals surface area (Å²) in [6, 6.07) is 1.52. The molecule has 0 fully saturated rings. The van der Waals surface area contributed by atoms with E-state index in [1.165, 1.54) is 35.9 Å². The molecule has 0 heterocycles. The van der Waals surface area contributed by atoms with E-state index in [1.807, 2.05) is 0 Å². The van der Waals surface area contributed by atoms with Gasteiger partial charge in [-0.2, -0.15) is 0 Å². The first-order chi connectivity index (χ1) is 6.55. The molecule has 0 aliphatic carbocycles. The van der Waals surface area contributed by atoms with E-state index in [0.29, 0.717) is 0 Å². The fourth-order valence-electron chi connectivity index (χ4n) is 2.08. The van der Waals surface area contributed by atoms with Crippen molar-refractivity contribution >= 4 is 36.4 Å². The minimum absolute atomic E-state index is 0.226. The van der Waals surface area contributed by atoms with Crippen LogP contribution in [-0.4, -0.2) is 27.3 Å². The van der Waals surface area contributed by atoms with Crippen LogP contribution < -0.4 is 0 Å². The van der Waals surface area contributed by atoms with Crippen LogP contribution in [0.25, 0.3) is 0 Å². The number of hydrogen-bond donors (Lipinski definition) is 0. The average Bonchev–Trinajstić information content (AvgIpc) is 2.12. The molecule has 0 amide bonds. The zero-order chi connectivity index (χ0) is 11.0. The molecule has 0 aromatic rings. The summed E-state index contributed by atoms with van der Waals surface area (Å²) < 4.78 is 1.43. The van der Waals surface area contributed by atoms with Crippen LogP contribution in [0.4, 0.5) is 0 Å². The Labute approximate surface area is 105 Å². The lowest BCUT2D eigenvalue weighted by atomic mass is 10.0. The highest BCUT2D eigenvalue weighted by Gasteiger charge is 2.23. The van der Waals surface area contributed by atoms with E-state index in [1.54, 1.807) is 0 Å². The average molecular weight is 245 g/mol. The van der Waals surface area contributed by atoms with E-state index >= 15 is 0 Å². The molecule has 1 unspecified atom stereocenters. The van der Waals surface area contributed by atoms with Gasteiger partial charge in [-0.25, -0.2) is 0 Å². The smallest absolute Gasteiger partial charge is 0.346 e. The summed E-state index contributed by atoms with van der Waals surface area (Å²) in [5, 5.41) is 0. The Morgan fingerprint density at radius 2 is 1.93 bits per heavy atom. The van der Waals surface area contributed by atoms with Crippen LogP contribution >= 0.6 is 9.07 Å². The zero-order valence-electron chi connectivity index (χ0n) is 10.4. The Bertz CT molecular complexity index is 139. The lowest BCUT2D eigenvalue weighted by molar-refractivity contribution is 0.486. The lowest BCUT2D eigenvalue weighted by Crippen LogP contribution is -2.29. The van der Waals surface area contributed by atoms with Gasteiger partial charge in [-0.15, -0.1) is 4.17 Å². The monoisotopic (exact) mass is 244 g/mol. The molecule has 0 nitrogen and oxygen atoms in total. The van der Waals surface area contributed by atoms with Crippen molar-refractivity contribution in [1.82, 2.24) is 0 Å². The molecule has 3 heteroatoms. The second-order valence-electron chi connectivity index (χ2n) is 5.22. The molecule has 0 saturated carbocycles. The molecule has 0 rings (SSSR count). The number of unbranched alkanes of at least 4 members (excludes halogenated alkanes) is 1. The van der Waals surface area contributed by atoms with Crippen molar-refractivity contribution in [3.63, 3.8) is 0 Å². The summed E-state index contributed by atoms with van der Waals surface area (Å²) >= 11 is -0.226.